The zero-order valence-corrected chi connectivity index (χ0v) is 11.3. The average molecular weight is 277 g/mol. The second kappa shape index (κ2) is 4.70. The molecule has 1 atom stereocenters. The minimum absolute atomic E-state index is 0.0542. The van der Waals surface area contributed by atoms with Crippen LogP contribution in [0.15, 0.2) is 33.8 Å². The fraction of sp³-hybridized carbons (Fsp3) is 0.250. The second-order valence-corrected chi connectivity index (χ2v) is 6.59. The van der Waals surface area contributed by atoms with Gasteiger partial charge >= 0.3 is 0 Å². The molecule has 0 bridgehead atoms. The van der Waals surface area contributed by atoms with Gasteiger partial charge < -0.3 is 5.21 Å². The normalized spacial score (nSPS) is 20.3. The number of thioether (sulfide) groups is 1. The van der Waals surface area contributed by atoms with E-state index in [1.165, 1.54) is 11.1 Å². The molecule has 92 valence electrons. The first-order valence-corrected chi connectivity index (χ1v) is 7.23. The third kappa shape index (κ3) is 2.02. The van der Waals surface area contributed by atoms with Gasteiger partial charge in [0.1, 0.15) is 5.01 Å². The first kappa shape index (κ1) is 11.7. The van der Waals surface area contributed by atoms with E-state index in [0.717, 1.165) is 15.1 Å². The predicted molar refractivity (Wildman–Crippen MR) is 72.6 cm³/mol. The molecule has 0 fully saturated rings. The number of benzene rings is 1. The summed E-state index contributed by atoms with van der Waals surface area (Å²) in [5.41, 5.74) is 3.22. The summed E-state index contributed by atoms with van der Waals surface area (Å²) in [6, 6.07) is 8.18. The van der Waals surface area contributed by atoms with Crippen LogP contribution in [-0.4, -0.2) is 21.1 Å². The van der Waals surface area contributed by atoms with Gasteiger partial charge in [-0.25, -0.2) is 0 Å². The first-order chi connectivity index (χ1) is 8.78. The van der Waals surface area contributed by atoms with Crippen LogP contribution in [-0.2, 0) is 6.42 Å². The highest BCUT2D eigenvalue weighted by molar-refractivity contribution is 8.01. The molecule has 2 aromatic rings. The summed E-state index contributed by atoms with van der Waals surface area (Å²) in [7, 11) is 0. The lowest BCUT2D eigenvalue weighted by Gasteiger charge is -2.08. The molecule has 1 aliphatic carbocycles. The van der Waals surface area contributed by atoms with Crippen LogP contribution < -0.4 is 0 Å². The number of aromatic nitrogens is 2. The minimum Gasteiger partial charge on any atom is -0.411 e. The van der Waals surface area contributed by atoms with Crippen LogP contribution in [0.25, 0.3) is 0 Å². The summed E-state index contributed by atoms with van der Waals surface area (Å²) in [5, 5.41) is 21.7. The number of hydrogen-bond donors (Lipinski definition) is 1. The van der Waals surface area contributed by atoms with E-state index in [0.29, 0.717) is 6.42 Å². The van der Waals surface area contributed by atoms with Gasteiger partial charge in [-0.15, -0.1) is 10.2 Å². The quantitative estimate of drug-likeness (QED) is 0.677. The lowest BCUT2D eigenvalue weighted by Crippen LogP contribution is -2.02. The van der Waals surface area contributed by atoms with Crippen molar-refractivity contribution in [2.75, 3.05) is 0 Å². The van der Waals surface area contributed by atoms with Gasteiger partial charge in [0, 0.05) is 6.42 Å². The predicted octanol–water partition coefficient (Wildman–Crippen LogP) is 3.07. The van der Waals surface area contributed by atoms with Gasteiger partial charge in [0.15, 0.2) is 4.34 Å². The number of oxime groups is 1. The molecule has 0 radical (unpaired) electrons. The lowest BCUT2D eigenvalue weighted by atomic mass is 10.1. The standard InChI is InChI=1S/C12H11N3OS2/c1-7-13-14-12(17-7)18-11-9-5-3-2-4-8(9)6-10(11)15-16/h2-5,11,16H,6H2,1H3/b15-10-/t11-/m1/s1. The molecule has 1 heterocycles. The largest absolute Gasteiger partial charge is 0.411 e. The zero-order valence-electron chi connectivity index (χ0n) is 9.70. The summed E-state index contributed by atoms with van der Waals surface area (Å²) in [6.45, 7) is 1.94. The Morgan fingerprint density at radius 3 is 2.94 bits per heavy atom. The first-order valence-electron chi connectivity index (χ1n) is 5.53. The average Bonchev–Trinajstić information content (AvgIpc) is 2.94. The summed E-state index contributed by atoms with van der Waals surface area (Å²) in [6.07, 6.45) is 0.710. The van der Waals surface area contributed by atoms with Crippen LogP contribution >= 0.6 is 23.1 Å². The van der Waals surface area contributed by atoms with Gasteiger partial charge in [0.25, 0.3) is 0 Å². The molecule has 18 heavy (non-hydrogen) atoms. The molecule has 0 spiro atoms. The van der Waals surface area contributed by atoms with Crippen molar-refractivity contribution in [2.24, 2.45) is 5.16 Å². The Kier molecular flexibility index (Phi) is 3.05. The Morgan fingerprint density at radius 1 is 1.39 bits per heavy atom. The third-order valence-electron chi connectivity index (χ3n) is 2.87. The molecule has 0 unspecified atom stereocenters. The molecule has 1 aliphatic rings. The highest BCUT2D eigenvalue weighted by Crippen LogP contribution is 2.43. The maximum atomic E-state index is 9.13. The molecule has 0 saturated carbocycles. The summed E-state index contributed by atoms with van der Waals surface area (Å²) in [5.74, 6) is 0. The van der Waals surface area contributed by atoms with Crippen molar-refractivity contribution in [2.45, 2.75) is 22.9 Å². The van der Waals surface area contributed by atoms with Crippen molar-refractivity contribution in [3.63, 3.8) is 0 Å². The maximum Gasteiger partial charge on any atom is 0.175 e. The topological polar surface area (TPSA) is 58.4 Å². The molecule has 0 aliphatic heterocycles. The summed E-state index contributed by atoms with van der Waals surface area (Å²) < 4.78 is 0.912. The van der Waals surface area contributed by atoms with Crippen molar-refractivity contribution < 1.29 is 5.21 Å². The molecule has 3 rings (SSSR count). The maximum absolute atomic E-state index is 9.13. The summed E-state index contributed by atoms with van der Waals surface area (Å²) in [4.78, 5) is 0. The monoisotopic (exact) mass is 277 g/mol. The van der Waals surface area contributed by atoms with Gasteiger partial charge in [-0.05, 0) is 18.1 Å². The lowest BCUT2D eigenvalue weighted by molar-refractivity contribution is 0.317. The molecular weight excluding hydrogens is 266 g/mol. The van der Waals surface area contributed by atoms with E-state index in [-0.39, 0.29) is 5.25 Å². The molecular formula is C12H11N3OS2. The number of nitrogens with zero attached hydrogens (tertiary/aromatic N) is 3. The number of aryl methyl sites for hydroxylation is 1. The van der Waals surface area contributed by atoms with Gasteiger partial charge in [-0.3, -0.25) is 0 Å². The number of rotatable bonds is 2. The van der Waals surface area contributed by atoms with Gasteiger partial charge in [0.2, 0.25) is 0 Å². The molecule has 1 N–H and O–H groups in total. The SMILES string of the molecule is Cc1nnc(S[C@H]2/C(=N\O)Cc3ccccc32)s1. The van der Waals surface area contributed by atoms with Crippen LogP contribution in [0.1, 0.15) is 21.4 Å². The van der Waals surface area contributed by atoms with Crippen molar-refractivity contribution in [3.05, 3.63) is 40.4 Å². The van der Waals surface area contributed by atoms with E-state index in [1.54, 1.807) is 23.1 Å². The van der Waals surface area contributed by atoms with Gasteiger partial charge in [-0.2, -0.15) is 0 Å². The molecule has 6 heteroatoms. The Morgan fingerprint density at radius 2 is 2.22 bits per heavy atom. The van der Waals surface area contributed by atoms with Crippen LogP contribution in [0, 0.1) is 6.92 Å². The van der Waals surface area contributed by atoms with E-state index in [4.69, 9.17) is 5.21 Å². The molecule has 1 aromatic carbocycles. The molecule has 0 amide bonds. The van der Waals surface area contributed by atoms with Crippen LogP contribution in [0.2, 0.25) is 0 Å². The highest BCUT2D eigenvalue weighted by atomic mass is 32.2. The van der Waals surface area contributed by atoms with Crippen LogP contribution in [0.3, 0.4) is 0 Å². The van der Waals surface area contributed by atoms with Crippen molar-refractivity contribution in [1.29, 1.82) is 0 Å². The van der Waals surface area contributed by atoms with E-state index < -0.39 is 0 Å². The van der Waals surface area contributed by atoms with E-state index in [9.17, 15) is 0 Å². The zero-order chi connectivity index (χ0) is 12.5. The van der Waals surface area contributed by atoms with E-state index in [1.807, 2.05) is 19.1 Å². The Labute approximate surface area is 113 Å². The van der Waals surface area contributed by atoms with Gasteiger partial charge in [-0.1, -0.05) is 52.5 Å². The van der Waals surface area contributed by atoms with Gasteiger partial charge in [0.05, 0.1) is 11.0 Å². The smallest absolute Gasteiger partial charge is 0.175 e. The van der Waals surface area contributed by atoms with E-state index >= 15 is 0 Å². The van der Waals surface area contributed by atoms with Crippen molar-refractivity contribution >= 4 is 28.8 Å². The molecule has 0 saturated heterocycles. The number of fused-ring (bicyclic) bond motifs is 1. The Hall–Kier alpha value is -1.40. The van der Waals surface area contributed by atoms with Crippen LogP contribution in [0.4, 0.5) is 0 Å². The van der Waals surface area contributed by atoms with Crippen molar-refractivity contribution in [3.8, 4) is 0 Å². The third-order valence-corrected chi connectivity index (χ3v) is 5.08. The fourth-order valence-electron chi connectivity index (χ4n) is 2.06. The summed E-state index contributed by atoms with van der Waals surface area (Å²) >= 11 is 3.17. The van der Waals surface area contributed by atoms with E-state index in [2.05, 4.69) is 27.5 Å². The second-order valence-electron chi connectivity index (χ2n) is 4.05. The fourth-order valence-corrected chi connectivity index (χ4v) is 4.24. The van der Waals surface area contributed by atoms with Crippen molar-refractivity contribution in [1.82, 2.24) is 10.2 Å². The Balaban J connectivity index is 1.94. The Bertz CT molecular complexity index is 609. The minimum atomic E-state index is 0.0542. The molecule has 4 nitrogen and oxygen atoms in total. The highest BCUT2D eigenvalue weighted by Gasteiger charge is 2.30. The number of hydrogen-bond acceptors (Lipinski definition) is 6. The van der Waals surface area contributed by atoms with Crippen LogP contribution in [0.5, 0.6) is 0 Å². The molecule has 1 aromatic heterocycles.